The Morgan fingerprint density at radius 2 is 1.48 bits per heavy atom. The van der Waals surface area contributed by atoms with Gasteiger partial charge in [-0.3, -0.25) is 10.1 Å². The number of nitro groups is 1. The summed E-state index contributed by atoms with van der Waals surface area (Å²) in [6, 6.07) is 6.02. The SMILES string of the molecule is Nc1nc(=S)[nH]c2c1C(c1ccc([N+](=O)[O-])cc1)c1c(N)nc(=S)[nH]c1O2. The molecule has 0 saturated carbocycles. The van der Waals surface area contributed by atoms with Gasteiger partial charge in [-0.1, -0.05) is 12.1 Å². The average Bonchev–Trinajstić information content (AvgIpc) is 2.59. The molecule has 0 aliphatic carbocycles. The first kappa shape index (κ1) is 17.1. The highest BCUT2D eigenvalue weighted by Gasteiger charge is 2.35. The molecule has 0 bridgehead atoms. The normalized spacial score (nSPS) is 12.7. The van der Waals surface area contributed by atoms with Crippen molar-refractivity contribution in [2.45, 2.75) is 5.92 Å². The van der Waals surface area contributed by atoms with Crippen LogP contribution in [0.4, 0.5) is 17.3 Å². The summed E-state index contributed by atoms with van der Waals surface area (Å²) in [5.74, 6) is 0.358. The monoisotopic (exact) mass is 401 g/mol. The second-order valence-corrected chi connectivity index (χ2v) is 6.50. The maximum Gasteiger partial charge on any atom is 0.269 e. The number of hydrogen-bond acceptors (Lipinski definition) is 9. The number of nitrogens with two attached hydrogens (primary N) is 2. The number of anilines is 2. The van der Waals surface area contributed by atoms with E-state index in [0.29, 0.717) is 28.5 Å². The molecular formula is C15H11N7O3S2. The van der Waals surface area contributed by atoms with Crippen LogP contribution >= 0.6 is 24.4 Å². The number of rotatable bonds is 2. The number of H-pyrrole nitrogens is 2. The summed E-state index contributed by atoms with van der Waals surface area (Å²) >= 11 is 10.1. The molecule has 1 aliphatic heterocycles. The quantitative estimate of drug-likeness (QED) is 0.225. The van der Waals surface area contributed by atoms with Crippen molar-refractivity contribution in [3.05, 3.63) is 60.6 Å². The molecule has 3 aromatic rings. The number of nitrogens with zero attached hydrogens (tertiary/aromatic N) is 3. The minimum Gasteiger partial charge on any atom is -0.424 e. The van der Waals surface area contributed by atoms with Gasteiger partial charge in [-0.15, -0.1) is 0 Å². The Morgan fingerprint density at radius 1 is 1.00 bits per heavy atom. The van der Waals surface area contributed by atoms with Crippen LogP contribution in [-0.2, 0) is 0 Å². The molecule has 10 nitrogen and oxygen atoms in total. The lowest BCUT2D eigenvalue weighted by atomic mass is 9.84. The van der Waals surface area contributed by atoms with E-state index in [4.69, 9.17) is 40.6 Å². The van der Waals surface area contributed by atoms with Gasteiger partial charge >= 0.3 is 0 Å². The maximum atomic E-state index is 11.0. The molecule has 0 fully saturated rings. The van der Waals surface area contributed by atoms with Crippen molar-refractivity contribution < 1.29 is 9.66 Å². The van der Waals surface area contributed by atoms with Crippen molar-refractivity contribution in [2.75, 3.05) is 11.5 Å². The summed E-state index contributed by atoms with van der Waals surface area (Å²) in [5.41, 5.74) is 13.9. The van der Waals surface area contributed by atoms with Gasteiger partial charge in [0.1, 0.15) is 11.6 Å². The molecule has 3 heterocycles. The standard InChI is InChI=1S/C15H11N7O3S2/c16-10-8-7(5-1-3-6(4-2-5)22(23)24)9-11(17)19-15(27)21-13(9)25-12(8)20-14(26)18-10/h1-4,7H,(H3,16,18,20,26)(H3,17,19,21,27). The highest BCUT2D eigenvalue weighted by Crippen LogP contribution is 2.49. The number of nitrogen functional groups attached to an aromatic ring is 2. The molecule has 0 amide bonds. The Balaban J connectivity index is 2.02. The summed E-state index contributed by atoms with van der Waals surface area (Å²) in [4.78, 5) is 24.4. The Hall–Kier alpha value is -3.38. The minimum absolute atomic E-state index is 0.0385. The zero-order valence-corrected chi connectivity index (χ0v) is 15.1. The van der Waals surface area contributed by atoms with Crippen molar-refractivity contribution in [3.8, 4) is 11.8 Å². The molecule has 0 saturated heterocycles. The van der Waals surface area contributed by atoms with Crippen molar-refractivity contribution in [1.82, 2.24) is 19.9 Å². The molecule has 6 N–H and O–H groups in total. The molecule has 27 heavy (non-hydrogen) atoms. The van der Waals surface area contributed by atoms with Crippen LogP contribution in [0.15, 0.2) is 24.3 Å². The van der Waals surface area contributed by atoms with Crippen LogP contribution in [0.1, 0.15) is 22.6 Å². The molecule has 2 aromatic heterocycles. The van der Waals surface area contributed by atoms with Crippen LogP contribution in [0.5, 0.6) is 11.8 Å². The molecule has 4 rings (SSSR count). The molecule has 0 atom stereocenters. The van der Waals surface area contributed by atoms with E-state index in [1.807, 2.05) is 0 Å². The number of aromatic amines is 2. The highest BCUT2D eigenvalue weighted by molar-refractivity contribution is 7.71. The van der Waals surface area contributed by atoms with E-state index in [-0.39, 0.29) is 26.9 Å². The summed E-state index contributed by atoms with van der Waals surface area (Å²) in [6.45, 7) is 0. The average molecular weight is 401 g/mol. The van der Waals surface area contributed by atoms with E-state index in [1.165, 1.54) is 12.1 Å². The van der Waals surface area contributed by atoms with E-state index < -0.39 is 10.8 Å². The fraction of sp³-hybridized carbons (Fsp3) is 0.0667. The van der Waals surface area contributed by atoms with Crippen molar-refractivity contribution in [1.29, 1.82) is 0 Å². The Kier molecular flexibility index (Phi) is 3.86. The second kappa shape index (κ2) is 6.10. The summed E-state index contributed by atoms with van der Waals surface area (Å²) in [6.07, 6.45) is 0. The van der Waals surface area contributed by atoms with Crippen LogP contribution in [0.25, 0.3) is 0 Å². The van der Waals surface area contributed by atoms with Gasteiger partial charge in [-0.2, -0.15) is 0 Å². The van der Waals surface area contributed by atoms with E-state index in [9.17, 15) is 10.1 Å². The number of hydrogen-bond donors (Lipinski definition) is 4. The number of non-ortho nitro benzene ring substituents is 1. The third kappa shape index (κ3) is 2.80. The van der Waals surface area contributed by atoms with E-state index in [0.717, 1.165) is 0 Å². The predicted octanol–water partition coefficient (Wildman–Crippen LogP) is 2.95. The molecule has 1 aromatic carbocycles. The number of aromatic nitrogens is 4. The topological polar surface area (TPSA) is 162 Å². The molecule has 0 spiro atoms. The van der Waals surface area contributed by atoms with Crippen LogP contribution in [0.2, 0.25) is 0 Å². The van der Waals surface area contributed by atoms with E-state index in [1.54, 1.807) is 12.1 Å². The maximum absolute atomic E-state index is 11.0. The van der Waals surface area contributed by atoms with Crippen molar-refractivity contribution in [2.24, 2.45) is 0 Å². The lowest BCUT2D eigenvalue weighted by Gasteiger charge is -2.28. The fourth-order valence-corrected chi connectivity index (χ4v) is 3.43. The number of nitro benzene ring substituents is 1. The second-order valence-electron chi connectivity index (χ2n) is 5.72. The first-order valence-corrected chi connectivity index (χ1v) is 8.38. The molecular weight excluding hydrogens is 390 g/mol. The Bertz CT molecular complexity index is 1140. The van der Waals surface area contributed by atoms with Crippen LogP contribution in [0.3, 0.4) is 0 Å². The van der Waals surface area contributed by atoms with Crippen LogP contribution < -0.4 is 16.2 Å². The predicted molar refractivity (Wildman–Crippen MR) is 102 cm³/mol. The number of fused-ring (bicyclic) bond motifs is 2. The minimum atomic E-state index is -0.539. The van der Waals surface area contributed by atoms with Crippen molar-refractivity contribution >= 4 is 41.8 Å². The Morgan fingerprint density at radius 3 is 1.93 bits per heavy atom. The van der Waals surface area contributed by atoms with Gasteiger partial charge in [0.25, 0.3) is 5.69 Å². The van der Waals surface area contributed by atoms with Crippen molar-refractivity contribution in [3.63, 3.8) is 0 Å². The van der Waals surface area contributed by atoms with Gasteiger partial charge in [-0.05, 0) is 30.0 Å². The molecule has 0 radical (unpaired) electrons. The van der Waals surface area contributed by atoms with Gasteiger partial charge in [0, 0.05) is 12.1 Å². The summed E-state index contributed by atoms with van der Waals surface area (Å²) < 4.78 is 6.12. The number of nitrogens with one attached hydrogen (secondary N) is 2. The number of benzene rings is 1. The first-order chi connectivity index (χ1) is 12.8. The third-order valence-electron chi connectivity index (χ3n) is 4.14. The lowest BCUT2D eigenvalue weighted by Crippen LogP contribution is -2.19. The number of ether oxygens (including phenoxy) is 1. The van der Waals surface area contributed by atoms with E-state index in [2.05, 4.69) is 19.9 Å². The summed E-state index contributed by atoms with van der Waals surface area (Å²) in [5, 5.41) is 11.0. The molecule has 136 valence electrons. The lowest BCUT2D eigenvalue weighted by molar-refractivity contribution is -0.384. The van der Waals surface area contributed by atoms with Gasteiger partial charge in [0.05, 0.1) is 22.0 Å². The van der Waals surface area contributed by atoms with Gasteiger partial charge in [0.2, 0.25) is 21.3 Å². The van der Waals surface area contributed by atoms with Crippen LogP contribution in [0, 0.1) is 19.7 Å². The van der Waals surface area contributed by atoms with E-state index >= 15 is 0 Å². The van der Waals surface area contributed by atoms with Gasteiger partial charge in [0.15, 0.2) is 0 Å². The zero-order valence-electron chi connectivity index (χ0n) is 13.4. The molecule has 0 unspecified atom stereocenters. The third-order valence-corrected chi connectivity index (χ3v) is 4.53. The highest BCUT2D eigenvalue weighted by atomic mass is 32.1. The fourth-order valence-electron chi connectivity index (χ4n) is 3.04. The van der Waals surface area contributed by atoms with Crippen LogP contribution in [-0.4, -0.2) is 24.9 Å². The largest absolute Gasteiger partial charge is 0.424 e. The zero-order chi connectivity index (χ0) is 19.3. The first-order valence-electron chi connectivity index (χ1n) is 7.56. The van der Waals surface area contributed by atoms with Gasteiger partial charge < -0.3 is 26.2 Å². The molecule has 1 aliphatic rings. The molecule has 12 heteroatoms. The smallest absolute Gasteiger partial charge is 0.269 e. The Labute approximate surface area is 161 Å². The van der Waals surface area contributed by atoms with Gasteiger partial charge in [-0.25, -0.2) is 9.97 Å². The summed E-state index contributed by atoms with van der Waals surface area (Å²) in [7, 11) is 0.